The van der Waals surface area contributed by atoms with E-state index in [1.165, 1.54) is 6.26 Å². The van der Waals surface area contributed by atoms with E-state index >= 15 is 0 Å². The second-order valence-corrected chi connectivity index (χ2v) is 5.41. The van der Waals surface area contributed by atoms with Crippen molar-refractivity contribution in [1.29, 1.82) is 0 Å². The van der Waals surface area contributed by atoms with E-state index in [9.17, 15) is 4.79 Å². The van der Waals surface area contributed by atoms with E-state index in [-0.39, 0.29) is 18.3 Å². The minimum Gasteiger partial charge on any atom is -0.472 e. The Morgan fingerprint density at radius 2 is 1.69 bits per heavy atom. The highest BCUT2D eigenvalue weighted by atomic mass is 16.5. The van der Waals surface area contributed by atoms with Gasteiger partial charge in [0.05, 0.1) is 6.26 Å². The molecule has 5 nitrogen and oxygen atoms in total. The van der Waals surface area contributed by atoms with E-state index in [1.54, 1.807) is 12.1 Å². The Balaban J connectivity index is 1.90. The first kappa shape index (κ1) is 17.2. The zero-order chi connectivity index (χ0) is 18.2. The molecule has 0 fully saturated rings. The van der Waals surface area contributed by atoms with Gasteiger partial charge in [-0.3, -0.25) is 15.1 Å². The smallest absolute Gasteiger partial charge is 0.293 e. The second-order valence-electron chi connectivity index (χ2n) is 5.41. The van der Waals surface area contributed by atoms with Gasteiger partial charge in [-0.2, -0.15) is 0 Å². The Hall–Kier alpha value is -3.60. The van der Waals surface area contributed by atoms with Crippen LogP contribution in [0.5, 0.6) is 0 Å². The van der Waals surface area contributed by atoms with E-state index in [2.05, 4.69) is 17.0 Å². The van der Waals surface area contributed by atoms with E-state index in [0.29, 0.717) is 5.70 Å². The number of benzene rings is 2. The standard InChI is InChI=1S/C21H18N2O3/c1-22-19(17-11-6-3-7-12-17)21(23-20(24)18-13-8-14-25-18)26-15-16-9-4-2-5-10-16/h2-14H,1,15H2,(H,23,24)/b21-19-. The van der Waals surface area contributed by atoms with Crippen LogP contribution < -0.4 is 5.32 Å². The Bertz CT molecular complexity index is 886. The second kappa shape index (κ2) is 8.48. The van der Waals surface area contributed by atoms with Gasteiger partial charge in [0.2, 0.25) is 5.88 Å². The average Bonchev–Trinajstić information content (AvgIpc) is 3.23. The number of nitrogens with zero attached hydrogens (tertiary/aromatic N) is 1. The van der Waals surface area contributed by atoms with Crippen LogP contribution in [-0.4, -0.2) is 12.6 Å². The summed E-state index contributed by atoms with van der Waals surface area (Å²) >= 11 is 0. The molecule has 0 radical (unpaired) electrons. The molecule has 0 bridgehead atoms. The number of furan rings is 1. The van der Waals surface area contributed by atoms with Gasteiger partial charge in [0, 0.05) is 5.56 Å². The van der Waals surface area contributed by atoms with Crippen molar-refractivity contribution < 1.29 is 13.9 Å². The van der Waals surface area contributed by atoms with Crippen molar-refractivity contribution in [3.8, 4) is 0 Å². The average molecular weight is 346 g/mol. The van der Waals surface area contributed by atoms with Gasteiger partial charge < -0.3 is 9.15 Å². The molecular weight excluding hydrogens is 328 g/mol. The van der Waals surface area contributed by atoms with E-state index in [0.717, 1.165) is 11.1 Å². The van der Waals surface area contributed by atoms with Crippen LogP contribution in [0.3, 0.4) is 0 Å². The Kier molecular flexibility index (Phi) is 5.62. The first-order valence-electron chi connectivity index (χ1n) is 8.06. The van der Waals surface area contributed by atoms with E-state index < -0.39 is 5.91 Å². The van der Waals surface area contributed by atoms with Gasteiger partial charge in [-0.15, -0.1) is 0 Å². The molecule has 0 aliphatic heterocycles. The monoisotopic (exact) mass is 346 g/mol. The van der Waals surface area contributed by atoms with Gasteiger partial charge in [-0.1, -0.05) is 60.7 Å². The van der Waals surface area contributed by atoms with Crippen LogP contribution in [0.25, 0.3) is 5.70 Å². The highest BCUT2D eigenvalue weighted by Gasteiger charge is 2.16. The van der Waals surface area contributed by atoms with Crippen molar-refractivity contribution in [1.82, 2.24) is 5.32 Å². The predicted molar refractivity (Wildman–Crippen MR) is 100 cm³/mol. The summed E-state index contributed by atoms with van der Waals surface area (Å²) in [7, 11) is 0. The van der Waals surface area contributed by atoms with Gasteiger partial charge in [-0.25, -0.2) is 0 Å². The molecule has 130 valence electrons. The lowest BCUT2D eigenvalue weighted by molar-refractivity contribution is 0.0884. The number of carbonyl (C=O) groups excluding carboxylic acids is 1. The maximum absolute atomic E-state index is 12.4. The van der Waals surface area contributed by atoms with Crippen LogP contribution in [0.2, 0.25) is 0 Å². The lowest BCUT2D eigenvalue weighted by Crippen LogP contribution is -2.25. The third-order valence-corrected chi connectivity index (χ3v) is 3.62. The van der Waals surface area contributed by atoms with Gasteiger partial charge in [0.15, 0.2) is 5.76 Å². The number of rotatable bonds is 7. The number of carbonyl (C=O) groups is 1. The highest BCUT2D eigenvalue weighted by Crippen LogP contribution is 2.20. The van der Waals surface area contributed by atoms with Crippen molar-refractivity contribution in [2.45, 2.75) is 6.61 Å². The maximum atomic E-state index is 12.4. The quantitative estimate of drug-likeness (QED) is 0.514. The fraction of sp³-hybridized carbons (Fsp3) is 0.0476. The van der Waals surface area contributed by atoms with Crippen LogP contribution in [0.4, 0.5) is 0 Å². The molecule has 0 spiro atoms. The molecule has 1 heterocycles. The van der Waals surface area contributed by atoms with Gasteiger partial charge in [0.1, 0.15) is 12.3 Å². The Morgan fingerprint density at radius 3 is 2.31 bits per heavy atom. The Labute approximate surface area is 151 Å². The summed E-state index contributed by atoms with van der Waals surface area (Å²) in [5, 5.41) is 2.73. The van der Waals surface area contributed by atoms with Crippen LogP contribution in [0.15, 0.2) is 94.4 Å². The number of hydrogen-bond acceptors (Lipinski definition) is 4. The zero-order valence-corrected chi connectivity index (χ0v) is 14.1. The minimum atomic E-state index is -0.421. The number of hydrogen-bond donors (Lipinski definition) is 1. The number of ether oxygens (including phenoxy) is 1. The third-order valence-electron chi connectivity index (χ3n) is 3.62. The molecule has 1 amide bonds. The lowest BCUT2D eigenvalue weighted by atomic mass is 10.1. The summed E-state index contributed by atoms with van der Waals surface area (Å²) in [4.78, 5) is 16.5. The molecule has 3 aromatic rings. The predicted octanol–water partition coefficient (Wildman–Crippen LogP) is 4.25. The van der Waals surface area contributed by atoms with Gasteiger partial charge in [0.25, 0.3) is 5.91 Å². The molecule has 0 atom stereocenters. The molecule has 3 rings (SSSR count). The molecular formula is C21H18N2O3. The summed E-state index contributed by atoms with van der Waals surface area (Å²) < 4.78 is 11.0. The Morgan fingerprint density at radius 1 is 1.00 bits per heavy atom. The van der Waals surface area contributed by atoms with Crippen LogP contribution in [-0.2, 0) is 11.3 Å². The van der Waals surface area contributed by atoms with Crippen LogP contribution in [0.1, 0.15) is 21.7 Å². The first-order valence-corrected chi connectivity index (χ1v) is 8.06. The summed E-state index contributed by atoms with van der Waals surface area (Å²) in [6, 6.07) is 22.3. The van der Waals surface area contributed by atoms with Crippen molar-refractivity contribution in [3.05, 3.63) is 102 Å². The topological polar surface area (TPSA) is 63.8 Å². The molecule has 0 saturated heterocycles. The summed E-state index contributed by atoms with van der Waals surface area (Å²) in [6.07, 6.45) is 1.44. The molecule has 2 aromatic carbocycles. The molecule has 26 heavy (non-hydrogen) atoms. The number of nitrogens with one attached hydrogen (secondary N) is 1. The minimum absolute atomic E-state index is 0.183. The third kappa shape index (κ3) is 4.27. The first-order chi connectivity index (χ1) is 12.8. The largest absolute Gasteiger partial charge is 0.472 e. The number of aliphatic imine (C=N–C) groups is 1. The van der Waals surface area contributed by atoms with E-state index in [1.807, 2.05) is 60.7 Å². The molecule has 0 unspecified atom stereocenters. The summed E-state index contributed by atoms with van der Waals surface area (Å²) in [5.41, 5.74) is 2.19. The molecule has 1 aromatic heterocycles. The highest BCUT2D eigenvalue weighted by molar-refractivity contribution is 5.93. The molecule has 0 aliphatic rings. The SMILES string of the molecule is C=N/C(=C(/NC(=O)c1ccco1)OCc1ccccc1)c1ccccc1. The fourth-order valence-electron chi connectivity index (χ4n) is 2.36. The van der Waals surface area contributed by atoms with Crippen LogP contribution in [0, 0.1) is 0 Å². The maximum Gasteiger partial charge on any atom is 0.293 e. The van der Waals surface area contributed by atoms with Gasteiger partial charge >= 0.3 is 0 Å². The van der Waals surface area contributed by atoms with Crippen LogP contribution >= 0.6 is 0 Å². The van der Waals surface area contributed by atoms with Crippen molar-refractivity contribution in [2.75, 3.05) is 0 Å². The van der Waals surface area contributed by atoms with E-state index in [4.69, 9.17) is 9.15 Å². The lowest BCUT2D eigenvalue weighted by Gasteiger charge is -2.14. The van der Waals surface area contributed by atoms with Crippen molar-refractivity contribution in [2.24, 2.45) is 4.99 Å². The van der Waals surface area contributed by atoms with Gasteiger partial charge in [-0.05, 0) is 24.4 Å². The molecule has 0 saturated carbocycles. The molecule has 0 aliphatic carbocycles. The molecule has 5 heteroatoms. The number of amides is 1. The normalized spacial score (nSPS) is 11.4. The van der Waals surface area contributed by atoms with Crippen molar-refractivity contribution in [3.63, 3.8) is 0 Å². The fourth-order valence-corrected chi connectivity index (χ4v) is 2.36. The summed E-state index contributed by atoms with van der Waals surface area (Å²) in [6.45, 7) is 3.90. The van der Waals surface area contributed by atoms with Crippen molar-refractivity contribution >= 4 is 18.3 Å². The molecule has 1 N–H and O–H groups in total. The summed E-state index contributed by atoms with van der Waals surface area (Å²) in [5.74, 6) is -0.0196. The zero-order valence-electron chi connectivity index (χ0n) is 14.1.